The maximum Gasteiger partial charge on any atom is 0.120 e. The topological polar surface area (TPSA) is 48.1 Å². The maximum atomic E-state index is 4.61. The summed E-state index contributed by atoms with van der Waals surface area (Å²) >= 11 is 0. The molecule has 5 heteroatoms. The molecule has 0 atom stereocenters. The van der Waals surface area contributed by atoms with Gasteiger partial charge in [0.1, 0.15) is 5.82 Å². The first-order valence-electron chi connectivity index (χ1n) is 13.6. The summed E-state index contributed by atoms with van der Waals surface area (Å²) in [6, 6.07) is 13.5. The average molecular weight is 476 g/mol. The minimum absolute atomic E-state index is 0.776. The van der Waals surface area contributed by atoms with Crippen molar-refractivity contribution in [2.45, 2.75) is 85.4 Å². The third-order valence-electron chi connectivity index (χ3n) is 6.49. The van der Waals surface area contributed by atoms with E-state index in [-0.39, 0.29) is 0 Å². The molecule has 2 heterocycles. The van der Waals surface area contributed by atoms with Gasteiger partial charge in [-0.1, -0.05) is 57.0 Å². The predicted molar refractivity (Wildman–Crippen MR) is 146 cm³/mol. The van der Waals surface area contributed by atoms with E-state index in [4.69, 9.17) is 0 Å². The molecular formula is C30H45N5. The number of aromatic nitrogens is 3. The molecule has 0 saturated carbocycles. The summed E-state index contributed by atoms with van der Waals surface area (Å²) in [5.74, 6) is 0.987. The number of hydrogen-bond acceptors (Lipinski definition) is 4. The molecule has 2 aromatic heterocycles. The minimum atomic E-state index is 0.776. The second kappa shape index (κ2) is 15.5. The summed E-state index contributed by atoms with van der Waals surface area (Å²) in [7, 11) is 0. The van der Waals surface area contributed by atoms with Gasteiger partial charge in [-0.2, -0.15) is 0 Å². The zero-order chi connectivity index (χ0) is 24.7. The van der Waals surface area contributed by atoms with Crippen LogP contribution in [-0.2, 0) is 26.1 Å². The summed E-state index contributed by atoms with van der Waals surface area (Å²) in [6.45, 7) is 12.9. The third-order valence-corrected chi connectivity index (χ3v) is 6.49. The van der Waals surface area contributed by atoms with E-state index in [0.29, 0.717) is 0 Å². The number of pyridine rings is 1. The lowest BCUT2D eigenvalue weighted by atomic mass is 10.0. The van der Waals surface area contributed by atoms with Crippen LogP contribution in [0.4, 0.5) is 0 Å². The number of nitrogens with one attached hydrogen (secondary N) is 1. The standard InChI is InChI=1S/C30H45N5/c1-4-19-34(20-5-2)21-9-7-6-8-10-27-12-14-28(15-13-27)23-35(25-30-31-17-18-32-30)24-29-16-11-26(3)22-33-29/h11-18,22H,4-10,19-21,23-25H2,1-3H3,(H,31,32). The lowest BCUT2D eigenvalue weighted by molar-refractivity contribution is 0.239. The highest BCUT2D eigenvalue weighted by Gasteiger charge is 2.11. The largest absolute Gasteiger partial charge is 0.348 e. The number of H-pyrrole nitrogens is 1. The average Bonchev–Trinajstić information content (AvgIpc) is 3.37. The summed E-state index contributed by atoms with van der Waals surface area (Å²) in [5.41, 5.74) is 5.06. The molecule has 1 N–H and O–H groups in total. The Morgan fingerprint density at radius 1 is 0.714 bits per heavy atom. The molecule has 0 radical (unpaired) electrons. The van der Waals surface area contributed by atoms with E-state index in [2.05, 4.69) is 81.9 Å². The van der Waals surface area contributed by atoms with Gasteiger partial charge in [0.05, 0.1) is 12.2 Å². The SMILES string of the molecule is CCCN(CCC)CCCCCCc1ccc(CN(Cc2ccc(C)cn2)Cc2ncc[nH]2)cc1. The Balaban J connectivity index is 1.44. The second-order valence-electron chi connectivity index (χ2n) is 9.83. The highest BCUT2D eigenvalue weighted by atomic mass is 15.2. The van der Waals surface area contributed by atoms with Crippen molar-refractivity contribution in [2.24, 2.45) is 0 Å². The molecule has 0 aliphatic heterocycles. The van der Waals surface area contributed by atoms with Crippen LogP contribution in [-0.4, -0.2) is 44.4 Å². The molecule has 5 nitrogen and oxygen atoms in total. The molecule has 190 valence electrons. The Hall–Kier alpha value is -2.50. The van der Waals surface area contributed by atoms with E-state index < -0.39 is 0 Å². The molecule has 3 rings (SSSR count). The summed E-state index contributed by atoms with van der Waals surface area (Å²) in [6.07, 6.45) is 14.6. The Labute approximate surface area is 213 Å². The normalized spacial score (nSPS) is 11.6. The van der Waals surface area contributed by atoms with Crippen LogP contribution in [0.1, 0.15) is 80.6 Å². The Kier molecular flexibility index (Phi) is 12.0. The maximum absolute atomic E-state index is 4.61. The quantitative estimate of drug-likeness (QED) is 0.225. The van der Waals surface area contributed by atoms with Gasteiger partial charge in [-0.3, -0.25) is 9.88 Å². The molecule has 3 aromatic rings. The highest BCUT2D eigenvalue weighted by molar-refractivity contribution is 5.23. The third kappa shape index (κ3) is 10.3. The smallest absolute Gasteiger partial charge is 0.120 e. The van der Waals surface area contributed by atoms with Crippen LogP contribution in [0.25, 0.3) is 0 Å². The molecule has 0 unspecified atom stereocenters. The fourth-order valence-electron chi connectivity index (χ4n) is 4.64. The van der Waals surface area contributed by atoms with E-state index in [1.54, 1.807) is 0 Å². The first-order chi connectivity index (χ1) is 17.2. The Morgan fingerprint density at radius 3 is 2.11 bits per heavy atom. The molecule has 0 fully saturated rings. The number of unbranched alkanes of at least 4 members (excludes halogenated alkanes) is 3. The summed E-state index contributed by atoms with van der Waals surface area (Å²) in [4.78, 5) is 17.3. The molecule has 0 saturated heterocycles. The number of hydrogen-bond donors (Lipinski definition) is 1. The number of aromatic amines is 1. The van der Waals surface area contributed by atoms with Crippen molar-refractivity contribution in [1.29, 1.82) is 0 Å². The summed E-state index contributed by atoms with van der Waals surface area (Å²) in [5, 5.41) is 0. The second-order valence-corrected chi connectivity index (χ2v) is 9.83. The Bertz CT molecular complexity index is 912. The molecule has 0 amide bonds. The van der Waals surface area contributed by atoms with Crippen molar-refractivity contribution >= 4 is 0 Å². The molecule has 35 heavy (non-hydrogen) atoms. The van der Waals surface area contributed by atoms with Crippen LogP contribution in [0.2, 0.25) is 0 Å². The van der Waals surface area contributed by atoms with Gasteiger partial charge in [0.15, 0.2) is 0 Å². The van der Waals surface area contributed by atoms with Crippen LogP contribution >= 0.6 is 0 Å². The van der Waals surface area contributed by atoms with E-state index in [9.17, 15) is 0 Å². The molecule has 0 bridgehead atoms. The molecule has 0 aliphatic carbocycles. The van der Waals surface area contributed by atoms with Crippen LogP contribution in [0, 0.1) is 6.92 Å². The van der Waals surface area contributed by atoms with Crippen LogP contribution in [0.5, 0.6) is 0 Å². The predicted octanol–water partition coefficient (Wildman–Crippen LogP) is 6.54. The molecule has 0 aliphatic rings. The number of aryl methyl sites for hydroxylation is 2. The molecule has 0 spiro atoms. The van der Waals surface area contributed by atoms with Crippen LogP contribution < -0.4 is 0 Å². The first kappa shape index (κ1) is 27.1. The van der Waals surface area contributed by atoms with Crippen molar-refractivity contribution in [2.75, 3.05) is 19.6 Å². The van der Waals surface area contributed by atoms with E-state index in [1.165, 1.54) is 81.3 Å². The van der Waals surface area contributed by atoms with E-state index in [0.717, 1.165) is 31.2 Å². The van der Waals surface area contributed by atoms with Gasteiger partial charge >= 0.3 is 0 Å². The fourth-order valence-corrected chi connectivity index (χ4v) is 4.64. The first-order valence-corrected chi connectivity index (χ1v) is 13.6. The monoisotopic (exact) mass is 475 g/mol. The van der Waals surface area contributed by atoms with Gasteiger partial charge in [0.2, 0.25) is 0 Å². The lowest BCUT2D eigenvalue weighted by Gasteiger charge is -2.21. The number of rotatable bonds is 17. The highest BCUT2D eigenvalue weighted by Crippen LogP contribution is 2.15. The molecular weight excluding hydrogens is 430 g/mol. The minimum Gasteiger partial charge on any atom is -0.348 e. The zero-order valence-corrected chi connectivity index (χ0v) is 22.2. The zero-order valence-electron chi connectivity index (χ0n) is 22.2. The number of benzene rings is 1. The van der Waals surface area contributed by atoms with E-state index in [1.807, 2.05) is 18.6 Å². The number of nitrogens with zero attached hydrogens (tertiary/aromatic N) is 4. The van der Waals surface area contributed by atoms with Crippen molar-refractivity contribution in [1.82, 2.24) is 24.8 Å². The van der Waals surface area contributed by atoms with E-state index >= 15 is 0 Å². The van der Waals surface area contributed by atoms with Gasteiger partial charge in [-0.15, -0.1) is 0 Å². The van der Waals surface area contributed by atoms with Gasteiger partial charge in [-0.25, -0.2) is 4.98 Å². The molecule has 1 aromatic carbocycles. The Morgan fingerprint density at radius 2 is 1.46 bits per heavy atom. The van der Waals surface area contributed by atoms with Crippen LogP contribution in [0.15, 0.2) is 55.0 Å². The van der Waals surface area contributed by atoms with Crippen molar-refractivity contribution in [3.8, 4) is 0 Å². The van der Waals surface area contributed by atoms with Crippen molar-refractivity contribution < 1.29 is 0 Å². The fraction of sp³-hybridized carbons (Fsp3) is 0.533. The number of imidazole rings is 1. The van der Waals surface area contributed by atoms with Crippen molar-refractivity contribution in [3.05, 3.63) is 83.2 Å². The van der Waals surface area contributed by atoms with Crippen molar-refractivity contribution in [3.63, 3.8) is 0 Å². The van der Waals surface area contributed by atoms with Gasteiger partial charge < -0.3 is 9.88 Å². The lowest BCUT2D eigenvalue weighted by Crippen LogP contribution is -2.26. The van der Waals surface area contributed by atoms with Gasteiger partial charge in [0.25, 0.3) is 0 Å². The van der Waals surface area contributed by atoms with Gasteiger partial charge in [0, 0.05) is 31.7 Å². The van der Waals surface area contributed by atoms with Crippen LogP contribution in [0.3, 0.4) is 0 Å². The summed E-state index contributed by atoms with van der Waals surface area (Å²) < 4.78 is 0. The van der Waals surface area contributed by atoms with Gasteiger partial charge in [-0.05, 0) is 81.4 Å².